The van der Waals surface area contributed by atoms with Crippen LogP contribution in [0.15, 0.2) is 70.7 Å². The highest BCUT2D eigenvalue weighted by molar-refractivity contribution is 7.99. The molecule has 0 fully saturated rings. The van der Waals surface area contributed by atoms with Gasteiger partial charge in [0.25, 0.3) is 10.1 Å². The van der Waals surface area contributed by atoms with Gasteiger partial charge in [0, 0.05) is 22.2 Å². The van der Waals surface area contributed by atoms with Crippen molar-refractivity contribution in [3.8, 4) is 0 Å². The van der Waals surface area contributed by atoms with Gasteiger partial charge < -0.3 is 4.90 Å². The molecule has 0 radical (unpaired) electrons. The van der Waals surface area contributed by atoms with Crippen molar-refractivity contribution in [2.45, 2.75) is 35.6 Å². The highest BCUT2D eigenvalue weighted by atomic mass is 32.2. The maximum absolute atomic E-state index is 11.5. The van der Waals surface area contributed by atoms with Crippen LogP contribution in [0.3, 0.4) is 0 Å². The van der Waals surface area contributed by atoms with Crippen LogP contribution in [-0.4, -0.2) is 28.7 Å². The van der Waals surface area contributed by atoms with Crippen molar-refractivity contribution in [3.63, 3.8) is 0 Å². The zero-order chi connectivity index (χ0) is 20.4. The molecule has 150 valence electrons. The fraction of sp³-hybridized carbons (Fsp3) is 0.238. The summed E-state index contributed by atoms with van der Waals surface area (Å²) >= 11 is 1.69. The molecule has 3 aromatic rings. The second kappa shape index (κ2) is 8.14. The third kappa shape index (κ3) is 4.29. The molecule has 2 aromatic carbocycles. The summed E-state index contributed by atoms with van der Waals surface area (Å²) < 4.78 is 32.5. The first kappa shape index (κ1) is 19.9. The first-order valence-corrected chi connectivity index (χ1v) is 11.8. The lowest BCUT2D eigenvalue weighted by molar-refractivity contribution is 0.476. The predicted molar refractivity (Wildman–Crippen MR) is 114 cm³/mol. The summed E-state index contributed by atoms with van der Waals surface area (Å²) in [5, 5.41) is 0. The summed E-state index contributed by atoms with van der Waals surface area (Å²) in [6.45, 7) is 2.10. The Morgan fingerprint density at radius 3 is 2.48 bits per heavy atom. The van der Waals surface area contributed by atoms with E-state index in [1.54, 1.807) is 30.2 Å². The molecule has 0 spiro atoms. The molecule has 1 aromatic heterocycles. The van der Waals surface area contributed by atoms with E-state index in [4.69, 9.17) is 0 Å². The third-order valence-electron chi connectivity index (χ3n) is 4.88. The number of rotatable bonds is 6. The van der Waals surface area contributed by atoms with Crippen molar-refractivity contribution in [1.82, 2.24) is 9.97 Å². The minimum atomic E-state index is -4.12. The number of para-hydroxylation sites is 1. The normalized spacial score (nSPS) is 14.2. The van der Waals surface area contributed by atoms with Crippen LogP contribution in [0.2, 0.25) is 0 Å². The Bertz CT molecular complexity index is 1120. The number of nitrogens with zero attached hydrogens (tertiary/aromatic N) is 3. The molecular weight excluding hydrogens is 406 g/mol. The van der Waals surface area contributed by atoms with E-state index in [1.165, 1.54) is 5.56 Å². The monoisotopic (exact) mass is 427 g/mol. The Balaban J connectivity index is 1.89. The summed E-state index contributed by atoms with van der Waals surface area (Å²) in [5.74, 6) is 0.149. The number of aromatic nitrogens is 2. The molecule has 2 heterocycles. The van der Waals surface area contributed by atoms with Crippen molar-refractivity contribution >= 4 is 33.3 Å². The minimum Gasteiger partial charge on any atom is -0.329 e. The summed E-state index contributed by atoms with van der Waals surface area (Å²) in [6.07, 6.45) is 4.36. The van der Waals surface area contributed by atoms with Crippen LogP contribution < -0.4 is 4.90 Å². The molecule has 0 saturated carbocycles. The van der Waals surface area contributed by atoms with Crippen LogP contribution in [0.5, 0.6) is 0 Å². The molecule has 1 unspecified atom stereocenters. The lowest BCUT2D eigenvalue weighted by Crippen LogP contribution is -2.29. The van der Waals surface area contributed by atoms with E-state index in [-0.39, 0.29) is 12.2 Å². The highest BCUT2D eigenvalue weighted by Crippen LogP contribution is 2.51. The van der Waals surface area contributed by atoms with E-state index in [1.807, 2.05) is 18.2 Å². The van der Waals surface area contributed by atoms with Crippen LogP contribution in [0.1, 0.15) is 30.8 Å². The molecule has 0 amide bonds. The van der Waals surface area contributed by atoms with Gasteiger partial charge in [0.2, 0.25) is 0 Å². The molecule has 1 aliphatic rings. The molecule has 1 N–H and O–H groups in total. The maximum atomic E-state index is 11.5. The smallest absolute Gasteiger partial charge is 0.264 e. The number of anilines is 2. The summed E-state index contributed by atoms with van der Waals surface area (Å²) in [5.41, 5.74) is 3.17. The van der Waals surface area contributed by atoms with Crippen molar-refractivity contribution in [1.29, 1.82) is 0 Å². The van der Waals surface area contributed by atoms with E-state index >= 15 is 0 Å². The van der Waals surface area contributed by atoms with Crippen LogP contribution in [0.25, 0.3) is 0 Å². The molecule has 0 bridgehead atoms. The molecule has 6 nitrogen and oxygen atoms in total. The van der Waals surface area contributed by atoms with Gasteiger partial charge in [0.1, 0.15) is 0 Å². The van der Waals surface area contributed by atoms with Crippen molar-refractivity contribution in [2.75, 3.05) is 10.7 Å². The Kier molecular flexibility index (Phi) is 5.58. The number of hydrogen-bond donors (Lipinski definition) is 1. The van der Waals surface area contributed by atoms with Crippen LogP contribution in [0, 0.1) is 0 Å². The quantitative estimate of drug-likeness (QED) is 0.573. The summed E-state index contributed by atoms with van der Waals surface area (Å²) in [6, 6.07) is 15.7. The van der Waals surface area contributed by atoms with Crippen LogP contribution >= 0.6 is 11.8 Å². The lowest BCUT2D eigenvalue weighted by Gasteiger charge is -2.38. The summed E-state index contributed by atoms with van der Waals surface area (Å²) in [4.78, 5) is 13.1. The van der Waals surface area contributed by atoms with Gasteiger partial charge >= 0.3 is 0 Å². The lowest BCUT2D eigenvalue weighted by atomic mass is 10.1. The highest BCUT2D eigenvalue weighted by Gasteiger charge is 2.32. The van der Waals surface area contributed by atoms with Gasteiger partial charge in [-0.2, -0.15) is 8.42 Å². The maximum Gasteiger partial charge on any atom is 0.264 e. The first-order valence-electron chi connectivity index (χ1n) is 9.37. The number of aryl methyl sites for hydroxylation is 1. The Morgan fingerprint density at radius 1 is 1.03 bits per heavy atom. The van der Waals surface area contributed by atoms with Gasteiger partial charge in [-0.05, 0) is 48.7 Å². The molecule has 1 atom stereocenters. The van der Waals surface area contributed by atoms with Gasteiger partial charge in [-0.25, -0.2) is 9.97 Å². The molecule has 8 heteroatoms. The van der Waals surface area contributed by atoms with Gasteiger partial charge in [-0.1, -0.05) is 36.9 Å². The van der Waals surface area contributed by atoms with Gasteiger partial charge in [-0.3, -0.25) is 4.55 Å². The predicted octanol–water partition coefficient (Wildman–Crippen LogP) is 4.66. The summed E-state index contributed by atoms with van der Waals surface area (Å²) in [7, 11) is -4.12. The Morgan fingerprint density at radius 2 is 1.76 bits per heavy atom. The van der Waals surface area contributed by atoms with Crippen LogP contribution in [0.4, 0.5) is 11.4 Å². The molecule has 1 aliphatic heterocycles. The van der Waals surface area contributed by atoms with Gasteiger partial charge in [-0.15, -0.1) is 0 Å². The minimum absolute atomic E-state index is 0.164. The number of hydrogen-bond acceptors (Lipinski definition) is 6. The zero-order valence-electron chi connectivity index (χ0n) is 15.9. The Hall–Kier alpha value is -2.42. The first-order chi connectivity index (χ1) is 14.0. The Labute approximate surface area is 174 Å². The number of benzene rings is 2. The fourth-order valence-electron chi connectivity index (χ4n) is 3.50. The van der Waals surface area contributed by atoms with Gasteiger partial charge in [0.15, 0.2) is 5.82 Å². The zero-order valence-corrected chi connectivity index (χ0v) is 17.5. The van der Waals surface area contributed by atoms with Crippen LogP contribution in [-0.2, 0) is 16.5 Å². The second-order valence-electron chi connectivity index (χ2n) is 6.79. The fourth-order valence-corrected chi connectivity index (χ4v) is 5.07. The van der Waals surface area contributed by atoms with E-state index < -0.39 is 16.2 Å². The molecule has 4 rings (SSSR count). The topological polar surface area (TPSA) is 83.4 Å². The van der Waals surface area contributed by atoms with E-state index in [0.717, 1.165) is 27.6 Å². The van der Waals surface area contributed by atoms with E-state index in [0.29, 0.717) is 5.82 Å². The molecule has 0 aliphatic carbocycles. The van der Waals surface area contributed by atoms with Crippen molar-refractivity contribution in [3.05, 3.63) is 72.3 Å². The average molecular weight is 428 g/mol. The van der Waals surface area contributed by atoms with E-state index in [2.05, 4.69) is 46.1 Å². The standard InChI is InChI=1S/C21H21N3O3S2/c1-2-15-8-9-20-18(14-15)24(16-6-3-4-7-19(16)28-20)17(10-13-29(25,26)27)21-22-11-5-12-23-21/h3-9,11-12,14,17H,2,10,13H2,1H3,(H,25,26,27). The largest absolute Gasteiger partial charge is 0.329 e. The molecular formula is C21H21N3O3S2. The van der Waals surface area contributed by atoms with Crippen molar-refractivity contribution in [2.24, 2.45) is 0 Å². The van der Waals surface area contributed by atoms with Crippen molar-refractivity contribution < 1.29 is 13.0 Å². The second-order valence-corrected chi connectivity index (χ2v) is 9.45. The average Bonchev–Trinajstić information content (AvgIpc) is 2.73. The molecule has 29 heavy (non-hydrogen) atoms. The molecule has 0 saturated heterocycles. The number of fused-ring (bicyclic) bond motifs is 2. The third-order valence-corrected chi connectivity index (χ3v) is 6.76. The SMILES string of the molecule is CCc1ccc2c(c1)N(C(CCS(=O)(=O)O)c1ncccn1)c1ccccc1S2. The van der Waals surface area contributed by atoms with Gasteiger partial charge in [0.05, 0.1) is 23.2 Å². The van der Waals surface area contributed by atoms with E-state index in [9.17, 15) is 13.0 Å².